The van der Waals surface area contributed by atoms with Crippen molar-refractivity contribution in [3.8, 4) is 5.75 Å². The number of fused-ring (bicyclic) bond motifs is 1. The average molecular weight is 418 g/mol. The second kappa shape index (κ2) is 7.87. The van der Waals surface area contributed by atoms with Gasteiger partial charge in [0.1, 0.15) is 0 Å². The molecule has 1 N–H and O–H groups in total. The molecule has 0 saturated heterocycles. The number of benzene rings is 2. The van der Waals surface area contributed by atoms with Gasteiger partial charge in [-0.1, -0.05) is 11.6 Å². The maximum absolute atomic E-state index is 14.1. The van der Waals surface area contributed by atoms with Crippen molar-refractivity contribution < 1.29 is 23.8 Å². The van der Waals surface area contributed by atoms with E-state index in [9.17, 15) is 19.1 Å². The number of aromatic hydroxyl groups is 1. The maximum Gasteiger partial charge on any atom is 0.313 e. The smallest absolute Gasteiger partial charge is 0.313 e. The summed E-state index contributed by atoms with van der Waals surface area (Å²) < 4.78 is 20.8. The van der Waals surface area contributed by atoms with Crippen molar-refractivity contribution in [2.75, 3.05) is 0 Å². The summed E-state index contributed by atoms with van der Waals surface area (Å²) in [6, 6.07) is 8.65. The molecule has 0 fully saturated rings. The van der Waals surface area contributed by atoms with Crippen molar-refractivity contribution in [1.82, 2.24) is 4.57 Å². The molecule has 7 heteroatoms. The monoisotopic (exact) mass is 417 g/mol. The highest BCUT2D eigenvalue weighted by Gasteiger charge is 2.29. The Hall–Kier alpha value is -2.86. The molecule has 3 rings (SSSR count). The summed E-state index contributed by atoms with van der Waals surface area (Å²) >= 11 is 5.90. The molecule has 2 aromatic carbocycles. The predicted molar refractivity (Wildman–Crippen MR) is 109 cm³/mol. The third-order valence-electron chi connectivity index (χ3n) is 4.75. The van der Waals surface area contributed by atoms with Gasteiger partial charge in [-0.2, -0.15) is 0 Å². The van der Waals surface area contributed by atoms with Crippen molar-refractivity contribution in [1.29, 1.82) is 0 Å². The molecule has 1 aromatic heterocycles. The Morgan fingerprint density at radius 2 is 1.76 bits per heavy atom. The van der Waals surface area contributed by atoms with Crippen LogP contribution in [0.4, 0.5) is 4.39 Å². The third kappa shape index (κ3) is 3.85. The van der Waals surface area contributed by atoms with Crippen LogP contribution in [0.2, 0.25) is 5.02 Å². The number of nitrogens with zero attached hydrogens (tertiary/aromatic N) is 1. The highest BCUT2D eigenvalue weighted by atomic mass is 35.5. The topological polar surface area (TPSA) is 68.5 Å². The molecular formula is C22H21ClFNO4. The normalized spacial score (nSPS) is 12.4. The second-order valence-electron chi connectivity index (χ2n) is 7.17. The SMILES string of the molecule is Cc1c([C@@H](C)C(=O)OC(C)C)c2cc(O)c(F)cc2n1C(=O)c1ccc(Cl)cc1. The summed E-state index contributed by atoms with van der Waals surface area (Å²) in [5.41, 5.74) is 1.59. The molecule has 3 aromatic rings. The third-order valence-corrected chi connectivity index (χ3v) is 5.01. The van der Waals surface area contributed by atoms with Gasteiger partial charge in [-0.05, 0) is 63.6 Å². The molecule has 0 aliphatic rings. The molecule has 152 valence electrons. The number of ether oxygens (including phenoxy) is 1. The Morgan fingerprint density at radius 1 is 1.14 bits per heavy atom. The highest BCUT2D eigenvalue weighted by molar-refractivity contribution is 6.30. The van der Waals surface area contributed by atoms with Crippen LogP contribution in [0.3, 0.4) is 0 Å². The van der Waals surface area contributed by atoms with E-state index in [-0.39, 0.29) is 11.6 Å². The summed E-state index contributed by atoms with van der Waals surface area (Å²) in [5, 5.41) is 10.8. The number of esters is 1. The molecule has 1 atom stereocenters. The van der Waals surface area contributed by atoms with E-state index in [0.717, 1.165) is 6.07 Å². The number of hydrogen-bond donors (Lipinski definition) is 1. The minimum Gasteiger partial charge on any atom is -0.505 e. The van der Waals surface area contributed by atoms with E-state index in [2.05, 4.69) is 0 Å². The van der Waals surface area contributed by atoms with Crippen molar-refractivity contribution in [2.45, 2.75) is 39.7 Å². The molecule has 1 heterocycles. The van der Waals surface area contributed by atoms with Crippen molar-refractivity contribution >= 4 is 34.4 Å². The van der Waals surface area contributed by atoms with Gasteiger partial charge in [-0.15, -0.1) is 0 Å². The predicted octanol–water partition coefficient (Wildman–Crippen LogP) is 5.19. The van der Waals surface area contributed by atoms with Crippen LogP contribution in [0.1, 0.15) is 48.3 Å². The molecule has 0 saturated carbocycles. The van der Waals surface area contributed by atoms with Crippen LogP contribution in [-0.2, 0) is 9.53 Å². The van der Waals surface area contributed by atoms with Gasteiger partial charge in [0.2, 0.25) is 0 Å². The van der Waals surface area contributed by atoms with Crippen molar-refractivity contribution in [2.24, 2.45) is 0 Å². The lowest BCUT2D eigenvalue weighted by Gasteiger charge is -2.15. The molecular weight excluding hydrogens is 397 g/mol. The number of phenolic OH excluding ortho intramolecular Hbond substituents is 1. The van der Waals surface area contributed by atoms with E-state index in [1.54, 1.807) is 52.0 Å². The van der Waals surface area contributed by atoms with E-state index in [1.165, 1.54) is 10.6 Å². The van der Waals surface area contributed by atoms with Crippen LogP contribution in [0, 0.1) is 12.7 Å². The summed E-state index contributed by atoms with van der Waals surface area (Å²) in [7, 11) is 0. The van der Waals surface area contributed by atoms with Gasteiger partial charge >= 0.3 is 5.97 Å². The zero-order valence-corrected chi connectivity index (χ0v) is 17.2. The highest BCUT2D eigenvalue weighted by Crippen LogP contribution is 2.36. The van der Waals surface area contributed by atoms with Crippen molar-refractivity contribution in [3.05, 3.63) is 64.1 Å². The quantitative estimate of drug-likeness (QED) is 0.593. The standard InChI is InChI=1S/C22H21ClFNO4/c1-11(2)29-22(28)12(3)20-13(4)25(18-10-17(24)19(26)9-16(18)20)21(27)14-5-7-15(23)8-6-14/h5-12,26H,1-4H3/t12-/m1/s1. The molecule has 0 radical (unpaired) electrons. The van der Waals surface area contributed by atoms with Crippen LogP contribution in [0.15, 0.2) is 36.4 Å². The van der Waals surface area contributed by atoms with Gasteiger partial charge < -0.3 is 9.84 Å². The van der Waals surface area contributed by atoms with Gasteiger partial charge in [0.15, 0.2) is 11.6 Å². The Balaban J connectivity index is 2.24. The first-order chi connectivity index (χ1) is 13.6. The summed E-state index contributed by atoms with van der Waals surface area (Å²) in [6.07, 6.45) is -0.305. The average Bonchev–Trinajstić information content (AvgIpc) is 2.92. The van der Waals surface area contributed by atoms with Gasteiger partial charge in [-0.3, -0.25) is 14.2 Å². The first-order valence-electron chi connectivity index (χ1n) is 9.16. The maximum atomic E-state index is 14.1. The van der Waals surface area contributed by atoms with Crippen LogP contribution in [0.25, 0.3) is 10.9 Å². The number of aromatic nitrogens is 1. The number of carbonyl (C=O) groups excluding carboxylic acids is 2. The van der Waals surface area contributed by atoms with Crippen LogP contribution < -0.4 is 0 Å². The fourth-order valence-corrected chi connectivity index (χ4v) is 3.56. The molecule has 0 aliphatic heterocycles. The first-order valence-corrected chi connectivity index (χ1v) is 9.53. The van der Waals surface area contributed by atoms with Gasteiger partial charge in [0, 0.05) is 27.7 Å². The van der Waals surface area contributed by atoms with Gasteiger partial charge in [0.25, 0.3) is 5.91 Å². The Labute approximate surface area is 172 Å². The van der Waals surface area contributed by atoms with Crippen LogP contribution >= 0.6 is 11.6 Å². The first kappa shape index (κ1) is 20.9. The molecule has 0 spiro atoms. The fraction of sp³-hybridized carbons (Fsp3) is 0.273. The lowest BCUT2D eigenvalue weighted by Crippen LogP contribution is -2.19. The van der Waals surface area contributed by atoms with Gasteiger partial charge in [0.05, 0.1) is 17.5 Å². The van der Waals surface area contributed by atoms with E-state index in [0.29, 0.717) is 27.2 Å². The lowest BCUT2D eigenvalue weighted by molar-refractivity contribution is -0.148. The van der Waals surface area contributed by atoms with Crippen molar-refractivity contribution in [3.63, 3.8) is 0 Å². The lowest BCUT2D eigenvalue weighted by atomic mass is 9.97. The minimum atomic E-state index is -0.857. The van der Waals surface area contributed by atoms with Gasteiger partial charge in [-0.25, -0.2) is 4.39 Å². The van der Waals surface area contributed by atoms with Crippen LogP contribution in [-0.4, -0.2) is 27.7 Å². The molecule has 0 bridgehead atoms. The second-order valence-corrected chi connectivity index (χ2v) is 7.61. The summed E-state index contributed by atoms with van der Waals surface area (Å²) in [5.74, 6) is -3.00. The molecule has 0 amide bonds. The minimum absolute atomic E-state index is 0.261. The number of halogens is 2. The summed E-state index contributed by atoms with van der Waals surface area (Å²) in [6.45, 7) is 6.82. The molecule has 5 nitrogen and oxygen atoms in total. The van der Waals surface area contributed by atoms with Crippen LogP contribution in [0.5, 0.6) is 5.75 Å². The van der Waals surface area contributed by atoms with E-state index in [1.807, 2.05) is 0 Å². The Morgan fingerprint density at radius 3 is 2.34 bits per heavy atom. The largest absolute Gasteiger partial charge is 0.505 e. The molecule has 29 heavy (non-hydrogen) atoms. The Kier molecular flexibility index (Phi) is 5.66. The number of phenols is 1. The number of carbonyl (C=O) groups is 2. The summed E-state index contributed by atoms with van der Waals surface area (Å²) in [4.78, 5) is 25.7. The molecule has 0 aliphatic carbocycles. The van der Waals surface area contributed by atoms with E-state index in [4.69, 9.17) is 16.3 Å². The zero-order chi connectivity index (χ0) is 21.5. The van der Waals surface area contributed by atoms with E-state index < -0.39 is 29.4 Å². The number of hydrogen-bond acceptors (Lipinski definition) is 4. The number of rotatable bonds is 4. The molecule has 0 unspecified atom stereocenters. The Bertz CT molecular complexity index is 1100. The van der Waals surface area contributed by atoms with E-state index >= 15 is 0 Å². The zero-order valence-electron chi connectivity index (χ0n) is 16.5. The fourth-order valence-electron chi connectivity index (χ4n) is 3.43.